The van der Waals surface area contributed by atoms with Crippen LogP contribution in [0, 0.1) is 0 Å². The van der Waals surface area contributed by atoms with E-state index in [4.69, 9.17) is 14.2 Å². The number of fused-ring (bicyclic) bond motifs is 2. The molecular weight excluding hydrogens is 334 g/mol. The fraction of sp³-hybridized carbons (Fsp3) is 0.211. The molecule has 4 rings (SSSR count). The van der Waals surface area contributed by atoms with E-state index in [-0.39, 0.29) is 5.91 Å². The van der Waals surface area contributed by atoms with E-state index >= 15 is 0 Å². The zero-order valence-corrected chi connectivity index (χ0v) is 14.4. The first-order valence-electron chi connectivity index (χ1n) is 8.15. The Bertz CT molecular complexity index is 919. The van der Waals surface area contributed by atoms with E-state index < -0.39 is 0 Å². The highest BCUT2D eigenvalue weighted by atomic mass is 16.6. The molecule has 0 spiro atoms. The summed E-state index contributed by atoms with van der Waals surface area (Å²) in [6.07, 6.45) is 1.56. The molecule has 26 heavy (non-hydrogen) atoms. The van der Waals surface area contributed by atoms with Crippen LogP contribution in [-0.2, 0) is 4.79 Å². The van der Waals surface area contributed by atoms with Crippen LogP contribution < -0.4 is 19.1 Å². The standard InChI is InChI=1S/C19H17N3O4/c1-22-14-6-4-3-5-13(14)17(19(22)23)21-20-11-12-9-15(24-2)18-16(10-12)25-7-8-26-18/h3-6,9-11H,7-8H2,1-2H3/b20-11-,21-17-. The molecule has 2 aliphatic rings. The molecule has 2 aromatic rings. The van der Waals surface area contributed by atoms with Crippen LogP contribution in [0.5, 0.6) is 17.2 Å². The van der Waals surface area contributed by atoms with Gasteiger partial charge in [0.15, 0.2) is 17.2 Å². The minimum absolute atomic E-state index is 0.178. The van der Waals surface area contributed by atoms with Crippen LogP contribution in [0.3, 0.4) is 0 Å². The van der Waals surface area contributed by atoms with Gasteiger partial charge in [-0.3, -0.25) is 4.79 Å². The molecule has 0 aromatic heterocycles. The van der Waals surface area contributed by atoms with Crippen LogP contribution in [0.4, 0.5) is 5.69 Å². The second-order valence-electron chi connectivity index (χ2n) is 5.82. The third kappa shape index (κ3) is 2.67. The first-order chi connectivity index (χ1) is 12.7. The largest absolute Gasteiger partial charge is 0.493 e. The molecule has 0 bridgehead atoms. The molecule has 0 N–H and O–H groups in total. The maximum absolute atomic E-state index is 12.4. The number of para-hydroxylation sites is 1. The molecule has 0 aliphatic carbocycles. The van der Waals surface area contributed by atoms with Gasteiger partial charge in [0.05, 0.1) is 19.0 Å². The molecule has 0 radical (unpaired) electrons. The van der Waals surface area contributed by atoms with Crippen LogP contribution >= 0.6 is 0 Å². The highest BCUT2D eigenvalue weighted by Gasteiger charge is 2.31. The monoisotopic (exact) mass is 351 g/mol. The van der Waals surface area contributed by atoms with Gasteiger partial charge in [-0.15, -0.1) is 5.10 Å². The summed E-state index contributed by atoms with van der Waals surface area (Å²) in [6, 6.07) is 11.1. The van der Waals surface area contributed by atoms with Gasteiger partial charge in [-0.1, -0.05) is 18.2 Å². The lowest BCUT2D eigenvalue weighted by Crippen LogP contribution is -2.25. The van der Waals surface area contributed by atoms with Crippen molar-refractivity contribution in [3.05, 3.63) is 47.5 Å². The van der Waals surface area contributed by atoms with E-state index in [0.717, 1.165) is 16.8 Å². The molecular formula is C19H17N3O4. The Labute approximate surface area is 150 Å². The van der Waals surface area contributed by atoms with Gasteiger partial charge < -0.3 is 19.1 Å². The molecule has 1 amide bonds. The van der Waals surface area contributed by atoms with Crippen molar-refractivity contribution >= 4 is 23.5 Å². The maximum atomic E-state index is 12.4. The summed E-state index contributed by atoms with van der Waals surface area (Å²) in [4.78, 5) is 13.9. The van der Waals surface area contributed by atoms with Crippen molar-refractivity contribution in [3.8, 4) is 17.2 Å². The topological polar surface area (TPSA) is 72.7 Å². The van der Waals surface area contributed by atoms with E-state index in [1.807, 2.05) is 24.3 Å². The average Bonchev–Trinajstić information content (AvgIpc) is 2.92. The second kappa shape index (κ2) is 6.51. The van der Waals surface area contributed by atoms with Crippen molar-refractivity contribution < 1.29 is 19.0 Å². The Morgan fingerprint density at radius 2 is 2.00 bits per heavy atom. The van der Waals surface area contributed by atoms with E-state index in [0.29, 0.717) is 36.2 Å². The number of carbonyl (C=O) groups excluding carboxylic acids is 1. The Balaban J connectivity index is 1.65. The van der Waals surface area contributed by atoms with Crippen LogP contribution in [0.15, 0.2) is 46.6 Å². The molecule has 0 unspecified atom stereocenters. The number of methoxy groups -OCH3 is 1. The van der Waals surface area contributed by atoms with Crippen molar-refractivity contribution in [2.75, 3.05) is 32.3 Å². The summed E-state index contributed by atoms with van der Waals surface area (Å²) in [7, 11) is 3.29. The van der Waals surface area contributed by atoms with E-state index in [9.17, 15) is 4.79 Å². The van der Waals surface area contributed by atoms with Crippen molar-refractivity contribution in [1.29, 1.82) is 0 Å². The number of hydrogen-bond acceptors (Lipinski definition) is 6. The third-order valence-electron chi connectivity index (χ3n) is 4.24. The van der Waals surface area contributed by atoms with Gasteiger partial charge in [-0.2, -0.15) is 5.10 Å². The summed E-state index contributed by atoms with van der Waals surface area (Å²) < 4.78 is 16.5. The minimum Gasteiger partial charge on any atom is -0.493 e. The number of carbonyl (C=O) groups is 1. The molecule has 0 saturated carbocycles. The molecule has 7 heteroatoms. The Morgan fingerprint density at radius 1 is 1.19 bits per heavy atom. The molecule has 0 saturated heterocycles. The summed E-state index contributed by atoms with van der Waals surface area (Å²) in [5.41, 5.74) is 2.66. The zero-order valence-electron chi connectivity index (χ0n) is 14.4. The van der Waals surface area contributed by atoms with E-state index in [1.54, 1.807) is 37.4 Å². The lowest BCUT2D eigenvalue weighted by molar-refractivity contribution is -0.111. The molecule has 0 fully saturated rings. The number of hydrogen-bond donors (Lipinski definition) is 0. The van der Waals surface area contributed by atoms with E-state index in [2.05, 4.69) is 10.2 Å². The quantitative estimate of drug-likeness (QED) is 0.628. The Hall–Kier alpha value is -3.35. The van der Waals surface area contributed by atoms with Crippen molar-refractivity contribution in [2.45, 2.75) is 0 Å². The van der Waals surface area contributed by atoms with Gasteiger partial charge in [0.25, 0.3) is 5.91 Å². The van der Waals surface area contributed by atoms with Gasteiger partial charge in [0.1, 0.15) is 13.2 Å². The van der Waals surface area contributed by atoms with Gasteiger partial charge in [0.2, 0.25) is 5.75 Å². The molecule has 132 valence electrons. The predicted molar refractivity (Wildman–Crippen MR) is 98.0 cm³/mol. The average molecular weight is 351 g/mol. The highest BCUT2D eigenvalue weighted by Crippen LogP contribution is 2.40. The number of ether oxygens (including phenoxy) is 3. The zero-order chi connectivity index (χ0) is 18.1. The van der Waals surface area contributed by atoms with Crippen LogP contribution in [-0.4, -0.2) is 45.2 Å². The second-order valence-corrected chi connectivity index (χ2v) is 5.82. The van der Waals surface area contributed by atoms with Crippen LogP contribution in [0.1, 0.15) is 11.1 Å². The van der Waals surface area contributed by atoms with Gasteiger partial charge in [-0.05, 0) is 18.2 Å². The number of nitrogens with zero attached hydrogens (tertiary/aromatic N) is 3. The summed E-state index contributed by atoms with van der Waals surface area (Å²) in [6.45, 7) is 0.968. The lowest BCUT2D eigenvalue weighted by atomic mass is 10.1. The molecule has 2 heterocycles. The summed E-state index contributed by atoms with van der Waals surface area (Å²) in [5.74, 6) is 1.58. The number of anilines is 1. The maximum Gasteiger partial charge on any atom is 0.279 e. The van der Waals surface area contributed by atoms with Crippen molar-refractivity contribution in [1.82, 2.24) is 0 Å². The number of rotatable bonds is 3. The molecule has 2 aromatic carbocycles. The highest BCUT2D eigenvalue weighted by molar-refractivity contribution is 6.54. The predicted octanol–water partition coefficient (Wildman–Crippen LogP) is 2.27. The van der Waals surface area contributed by atoms with Crippen LogP contribution in [0.25, 0.3) is 0 Å². The minimum atomic E-state index is -0.178. The van der Waals surface area contributed by atoms with Crippen molar-refractivity contribution in [3.63, 3.8) is 0 Å². The summed E-state index contributed by atoms with van der Waals surface area (Å²) >= 11 is 0. The van der Waals surface area contributed by atoms with Gasteiger partial charge >= 0.3 is 0 Å². The number of likely N-dealkylation sites (N-methyl/N-ethyl adjacent to an activating group) is 1. The lowest BCUT2D eigenvalue weighted by Gasteiger charge is -2.20. The summed E-state index contributed by atoms with van der Waals surface area (Å²) in [5, 5.41) is 8.24. The number of benzene rings is 2. The van der Waals surface area contributed by atoms with Gasteiger partial charge in [-0.25, -0.2) is 0 Å². The van der Waals surface area contributed by atoms with Gasteiger partial charge in [0, 0.05) is 18.2 Å². The fourth-order valence-electron chi connectivity index (χ4n) is 2.97. The first kappa shape index (κ1) is 16.1. The van der Waals surface area contributed by atoms with E-state index in [1.165, 1.54) is 0 Å². The number of amides is 1. The van der Waals surface area contributed by atoms with Crippen molar-refractivity contribution in [2.24, 2.45) is 10.2 Å². The Morgan fingerprint density at radius 3 is 2.85 bits per heavy atom. The fourth-order valence-corrected chi connectivity index (χ4v) is 2.97. The molecule has 7 nitrogen and oxygen atoms in total. The Kier molecular flexibility index (Phi) is 4.04. The first-order valence-corrected chi connectivity index (χ1v) is 8.15. The normalized spacial score (nSPS) is 17.1. The SMILES string of the molecule is COc1cc(/C=N\N=C2/C(=O)N(C)c3ccccc32)cc2c1OCCO2. The third-order valence-corrected chi connectivity index (χ3v) is 4.24. The van der Waals surface area contributed by atoms with Crippen LogP contribution in [0.2, 0.25) is 0 Å². The smallest absolute Gasteiger partial charge is 0.279 e. The molecule has 0 atom stereocenters. The molecule has 2 aliphatic heterocycles.